The second-order valence-corrected chi connectivity index (χ2v) is 5.43. The van der Waals surface area contributed by atoms with E-state index in [1.54, 1.807) is 0 Å². The number of ether oxygens (including phenoxy) is 1. The first-order valence-corrected chi connectivity index (χ1v) is 6.89. The Morgan fingerprint density at radius 2 is 2.18 bits per heavy atom. The molecule has 1 N–H and O–H groups in total. The fourth-order valence-electron chi connectivity index (χ4n) is 2.48. The number of alkyl halides is 1. The standard InChI is InChI=1S/C14H18ClNO/c15-10-14(6-7-14)16-9-11-5-8-17-13-4-2-1-3-12(11)13/h1-4,11,16H,5-10H2. The summed E-state index contributed by atoms with van der Waals surface area (Å²) >= 11 is 5.99. The molecule has 17 heavy (non-hydrogen) atoms. The zero-order valence-corrected chi connectivity index (χ0v) is 10.7. The SMILES string of the molecule is ClCC1(NCC2CCOc3ccccc32)CC1. The van der Waals surface area contributed by atoms with Crippen molar-refractivity contribution in [1.82, 2.24) is 5.32 Å². The molecule has 1 heterocycles. The van der Waals surface area contributed by atoms with Crippen molar-refractivity contribution in [2.24, 2.45) is 0 Å². The van der Waals surface area contributed by atoms with Gasteiger partial charge in [-0.05, 0) is 30.9 Å². The second kappa shape index (κ2) is 4.51. The van der Waals surface area contributed by atoms with Crippen LogP contribution in [0.4, 0.5) is 0 Å². The highest BCUT2D eigenvalue weighted by Crippen LogP contribution is 2.38. The lowest BCUT2D eigenvalue weighted by Crippen LogP contribution is -2.37. The zero-order chi connectivity index (χ0) is 11.7. The summed E-state index contributed by atoms with van der Waals surface area (Å²) < 4.78 is 5.67. The largest absolute Gasteiger partial charge is 0.493 e. The fraction of sp³-hybridized carbons (Fsp3) is 0.571. The molecule has 92 valence electrons. The average Bonchev–Trinajstić information content (AvgIpc) is 3.17. The van der Waals surface area contributed by atoms with E-state index in [-0.39, 0.29) is 5.54 Å². The van der Waals surface area contributed by atoms with Gasteiger partial charge in [0.2, 0.25) is 0 Å². The van der Waals surface area contributed by atoms with Crippen LogP contribution in [0.2, 0.25) is 0 Å². The van der Waals surface area contributed by atoms with Crippen LogP contribution >= 0.6 is 11.6 Å². The summed E-state index contributed by atoms with van der Waals surface area (Å²) in [5, 5.41) is 3.64. The lowest BCUT2D eigenvalue weighted by atomic mass is 9.93. The molecule has 3 heteroatoms. The highest BCUT2D eigenvalue weighted by atomic mass is 35.5. The van der Waals surface area contributed by atoms with E-state index in [0.717, 1.165) is 31.2 Å². The monoisotopic (exact) mass is 251 g/mol. The quantitative estimate of drug-likeness (QED) is 0.831. The first-order chi connectivity index (χ1) is 8.33. The Labute approximate surface area is 107 Å². The summed E-state index contributed by atoms with van der Waals surface area (Å²) in [5.74, 6) is 2.36. The number of benzene rings is 1. The van der Waals surface area contributed by atoms with Gasteiger partial charge < -0.3 is 10.1 Å². The third-order valence-corrected chi connectivity index (χ3v) is 4.43. The molecule has 1 aliphatic carbocycles. The smallest absolute Gasteiger partial charge is 0.122 e. The molecular formula is C14H18ClNO. The van der Waals surface area contributed by atoms with E-state index in [1.807, 2.05) is 6.07 Å². The van der Waals surface area contributed by atoms with Crippen molar-refractivity contribution >= 4 is 11.6 Å². The summed E-state index contributed by atoms with van der Waals surface area (Å²) in [4.78, 5) is 0. The predicted molar refractivity (Wildman–Crippen MR) is 70.0 cm³/mol. The van der Waals surface area contributed by atoms with Crippen molar-refractivity contribution in [2.75, 3.05) is 19.0 Å². The molecule has 0 aromatic heterocycles. The minimum atomic E-state index is 0.245. The summed E-state index contributed by atoms with van der Waals surface area (Å²) in [6.07, 6.45) is 3.55. The lowest BCUT2D eigenvalue weighted by Gasteiger charge is -2.27. The van der Waals surface area contributed by atoms with Gasteiger partial charge in [0, 0.05) is 23.9 Å². The van der Waals surface area contributed by atoms with Crippen LogP contribution in [0, 0.1) is 0 Å². The normalized spacial score (nSPS) is 24.9. The fourth-order valence-corrected chi connectivity index (χ4v) is 2.84. The number of hydrogen-bond acceptors (Lipinski definition) is 2. The molecule has 1 aromatic carbocycles. The van der Waals surface area contributed by atoms with Crippen molar-refractivity contribution in [3.63, 3.8) is 0 Å². The molecule has 1 unspecified atom stereocenters. The number of hydrogen-bond donors (Lipinski definition) is 1. The highest BCUT2D eigenvalue weighted by molar-refractivity contribution is 6.18. The molecule has 0 amide bonds. The lowest BCUT2D eigenvalue weighted by molar-refractivity contribution is 0.262. The Morgan fingerprint density at radius 3 is 2.94 bits per heavy atom. The van der Waals surface area contributed by atoms with Gasteiger partial charge >= 0.3 is 0 Å². The topological polar surface area (TPSA) is 21.3 Å². The summed E-state index contributed by atoms with van der Waals surface area (Å²) in [5.41, 5.74) is 1.59. The minimum absolute atomic E-state index is 0.245. The van der Waals surface area contributed by atoms with Gasteiger partial charge in [-0.25, -0.2) is 0 Å². The Kier molecular flexibility index (Phi) is 3.01. The third kappa shape index (κ3) is 2.29. The number of nitrogens with one attached hydrogen (secondary N) is 1. The van der Waals surface area contributed by atoms with Crippen LogP contribution < -0.4 is 10.1 Å². The van der Waals surface area contributed by atoms with E-state index in [9.17, 15) is 0 Å². The molecule has 0 spiro atoms. The summed E-state index contributed by atoms with van der Waals surface area (Å²) in [6.45, 7) is 1.85. The zero-order valence-electron chi connectivity index (χ0n) is 9.92. The molecule has 2 nitrogen and oxygen atoms in total. The van der Waals surface area contributed by atoms with Crippen LogP contribution in [0.3, 0.4) is 0 Å². The van der Waals surface area contributed by atoms with Crippen molar-refractivity contribution in [1.29, 1.82) is 0 Å². The van der Waals surface area contributed by atoms with E-state index in [1.165, 1.54) is 18.4 Å². The molecule has 2 aliphatic rings. The Hall–Kier alpha value is -0.730. The molecule has 1 fully saturated rings. The van der Waals surface area contributed by atoms with Crippen LogP contribution in [0.5, 0.6) is 5.75 Å². The van der Waals surface area contributed by atoms with Gasteiger partial charge in [-0.2, -0.15) is 0 Å². The van der Waals surface area contributed by atoms with Crippen LogP contribution in [0.25, 0.3) is 0 Å². The third-order valence-electron chi connectivity index (χ3n) is 3.92. The minimum Gasteiger partial charge on any atom is -0.493 e. The van der Waals surface area contributed by atoms with Gasteiger partial charge in [-0.1, -0.05) is 18.2 Å². The van der Waals surface area contributed by atoms with Crippen LogP contribution in [0.15, 0.2) is 24.3 Å². The molecule has 1 saturated carbocycles. The van der Waals surface area contributed by atoms with Crippen LogP contribution in [-0.2, 0) is 0 Å². The number of para-hydroxylation sites is 1. The van der Waals surface area contributed by atoms with Crippen LogP contribution in [0.1, 0.15) is 30.7 Å². The maximum Gasteiger partial charge on any atom is 0.122 e. The van der Waals surface area contributed by atoms with Gasteiger partial charge in [0.1, 0.15) is 5.75 Å². The van der Waals surface area contributed by atoms with E-state index in [2.05, 4.69) is 23.5 Å². The van der Waals surface area contributed by atoms with Crippen molar-refractivity contribution in [3.8, 4) is 5.75 Å². The molecular weight excluding hydrogens is 234 g/mol. The van der Waals surface area contributed by atoms with E-state index in [0.29, 0.717) is 5.92 Å². The molecule has 0 saturated heterocycles. The summed E-state index contributed by atoms with van der Waals surface area (Å²) in [7, 11) is 0. The van der Waals surface area contributed by atoms with Gasteiger partial charge in [-0.15, -0.1) is 11.6 Å². The first kappa shape index (κ1) is 11.4. The van der Waals surface area contributed by atoms with Crippen molar-refractivity contribution in [3.05, 3.63) is 29.8 Å². The second-order valence-electron chi connectivity index (χ2n) is 5.17. The maximum atomic E-state index is 5.99. The van der Waals surface area contributed by atoms with Gasteiger partial charge in [0.05, 0.1) is 6.61 Å². The number of halogens is 1. The predicted octanol–water partition coefficient (Wildman–Crippen LogP) is 2.91. The van der Waals surface area contributed by atoms with Gasteiger partial charge in [0.15, 0.2) is 0 Å². The van der Waals surface area contributed by atoms with Crippen LogP contribution in [-0.4, -0.2) is 24.6 Å². The average molecular weight is 252 g/mol. The molecule has 0 bridgehead atoms. The van der Waals surface area contributed by atoms with E-state index < -0.39 is 0 Å². The van der Waals surface area contributed by atoms with E-state index >= 15 is 0 Å². The Balaban J connectivity index is 1.68. The molecule has 1 aromatic rings. The van der Waals surface area contributed by atoms with Crippen molar-refractivity contribution < 1.29 is 4.74 Å². The number of rotatable bonds is 4. The van der Waals surface area contributed by atoms with E-state index in [4.69, 9.17) is 16.3 Å². The van der Waals surface area contributed by atoms with Gasteiger partial charge in [0.25, 0.3) is 0 Å². The maximum absolute atomic E-state index is 5.99. The molecule has 0 radical (unpaired) electrons. The van der Waals surface area contributed by atoms with Crippen molar-refractivity contribution in [2.45, 2.75) is 30.7 Å². The first-order valence-electron chi connectivity index (χ1n) is 6.36. The highest BCUT2D eigenvalue weighted by Gasteiger charge is 2.41. The van der Waals surface area contributed by atoms with Gasteiger partial charge in [-0.3, -0.25) is 0 Å². The number of fused-ring (bicyclic) bond motifs is 1. The Morgan fingerprint density at radius 1 is 1.35 bits per heavy atom. The molecule has 3 rings (SSSR count). The molecule has 1 atom stereocenters. The molecule has 1 aliphatic heterocycles. The Bertz CT molecular complexity index is 403. The summed E-state index contributed by atoms with van der Waals surface area (Å²) in [6, 6.07) is 8.38.